The molecular weight excluding hydrogens is 356 g/mol. The van der Waals surface area contributed by atoms with Crippen molar-refractivity contribution in [1.82, 2.24) is 0 Å². The summed E-state index contributed by atoms with van der Waals surface area (Å²) in [5.74, 6) is 1.57. The lowest BCUT2D eigenvalue weighted by molar-refractivity contribution is -0.117. The first kappa shape index (κ1) is 18.3. The summed E-state index contributed by atoms with van der Waals surface area (Å²) in [7, 11) is 0. The van der Waals surface area contributed by atoms with Crippen molar-refractivity contribution >= 4 is 23.2 Å². The number of anilines is 2. The zero-order valence-electron chi connectivity index (χ0n) is 16.0. The van der Waals surface area contributed by atoms with Gasteiger partial charge in [-0.25, -0.2) is 0 Å². The SMILES string of the molecule is CC(=O)N1CCc2ccc(NC(=O)CCCc3ccc4c(c3)OCCO4)cc21. The summed E-state index contributed by atoms with van der Waals surface area (Å²) >= 11 is 0. The molecule has 0 spiro atoms. The van der Waals surface area contributed by atoms with Gasteiger partial charge in [-0.1, -0.05) is 12.1 Å². The number of rotatable bonds is 5. The Balaban J connectivity index is 1.31. The van der Waals surface area contributed by atoms with E-state index in [-0.39, 0.29) is 11.8 Å². The van der Waals surface area contributed by atoms with E-state index in [2.05, 4.69) is 5.32 Å². The Labute approximate surface area is 164 Å². The Kier molecular flexibility index (Phi) is 5.19. The molecule has 2 aromatic carbocycles. The number of aryl methyl sites for hydroxylation is 1. The zero-order chi connectivity index (χ0) is 19.5. The van der Waals surface area contributed by atoms with E-state index in [1.165, 1.54) is 0 Å². The van der Waals surface area contributed by atoms with Gasteiger partial charge in [0.05, 0.1) is 0 Å². The lowest BCUT2D eigenvalue weighted by Gasteiger charge is -2.18. The highest BCUT2D eigenvalue weighted by Crippen LogP contribution is 2.32. The first-order chi connectivity index (χ1) is 13.6. The summed E-state index contributed by atoms with van der Waals surface area (Å²) in [4.78, 5) is 25.8. The van der Waals surface area contributed by atoms with E-state index in [0.717, 1.165) is 53.3 Å². The van der Waals surface area contributed by atoms with Crippen molar-refractivity contribution in [3.8, 4) is 11.5 Å². The van der Waals surface area contributed by atoms with Gasteiger partial charge in [0.15, 0.2) is 11.5 Å². The Hall–Kier alpha value is -3.02. The number of hydrogen-bond acceptors (Lipinski definition) is 4. The van der Waals surface area contributed by atoms with Gasteiger partial charge in [-0.05, 0) is 54.7 Å². The van der Waals surface area contributed by atoms with Gasteiger partial charge >= 0.3 is 0 Å². The first-order valence-corrected chi connectivity index (χ1v) is 9.69. The largest absolute Gasteiger partial charge is 0.486 e. The van der Waals surface area contributed by atoms with Gasteiger partial charge in [-0.3, -0.25) is 9.59 Å². The van der Waals surface area contributed by atoms with Crippen LogP contribution in [0.1, 0.15) is 30.9 Å². The van der Waals surface area contributed by atoms with E-state index >= 15 is 0 Å². The molecular formula is C22H24N2O4. The Morgan fingerprint density at radius 2 is 1.89 bits per heavy atom. The minimum atomic E-state index is -0.0233. The minimum Gasteiger partial charge on any atom is -0.486 e. The summed E-state index contributed by atoms with van der Waals surface area (Å²) < 4.78 is 11.1. The summed E-state index contributed by atoms with van der Waals surface area (Å²) in [6.07, 6.45) is 2.84. The lowest BCUT2D eigenvalue weighted by atomic mass is 10.1. The van der Waals surface area contributed by atoms with Crippen LogP contribution in [0.15, 0.2) is 36.4 Å². The normalized spacial score (nSPS) is 14.5. The molecule has 6 nitrogen and oxygen atoms in total. The first-order valence-electron chi connectivity index (χ1n) is 9.69. The molecule has 2 aliphatic rings. The van der Waals surface area contributed by atoms with Crippen LogP contribution in [0.2, 0.25) is 0 Å². The van der Waals surface area contributed by atoms with E-state index in [9.17, 15) is 9.59 Å². The van der Waals surface area contributed by atoms with Crippen LogP contribution in [0.4, 0.5) is 11.4 Å². The molecule has 0 saturated heterocycles. The summed E-state index contributed by atoms with van der Waals surface area (Å²) in [5.41, 5.74) is 3.91. The van der Waals surface area contributed by atoms with Crippen molar-refractivity contribution in [1.29, 1.82) is 0 Å². The predicted octanol–water partition coefficient (Wildman–Crippen LogP) is 3.33. The molecule has 2 amide bonds. The molecule has 0 saturated carbocycles. The third kappa shape index (κ3) is 3.96. The van der Waals surface area contributed by atoms with Gasteiger partial charge in [0.2, 0.25) is 11.8 Å². The smallest absolute Gasteiger partial charge is 0.224 e. The number of hydrogen-bond donors (Lipinski definition) is 1. The molecule has 0 aliphatic carbocycles. The summed E-state index contributed by atoms with van der Waals surface area (Å²) in [6.45, 7) is 3.43. The Morgan fingerprint density at radius 1 is 1.07 bits per heavy atom. The Bertz CT molecular complexity index is 909. The fourth-order valence-corrected chi connectivity index (χ4v) is 3.70. The number of benzene rings is 2. The highest BCUT2D eigenvalue weighted by Gasteiger charge is 2.22. The molecule has 2 aromatic rings. The van der Waals surface area contributed by atoms with Gasteiger partial charge in [-0.15, -0.1) is 0 Å². The maximum absolute atomic E-state index is 12.3. The molecule has 0 unspecified atom stereocenters. The van der Waals surface area contributed by atoms with Crippen LogP contribution in [-0.2, 0) is 22.4 Å². The summed E-state index contributed by atoms with van der Waals surface area (Å²) in [5, 5.41) is 2.95. The van der Waals surface area contributed by atoms with Crippen molar-refractivity contribution < 1.29 is 19.1 Å². The molecule has 2 aliphatic heterocycles. The molecule has 1 N–H and O–H groups in total. The standard InChI is InChI=1S/C22H24N2O4/c1-15(25)24-10-9-17-6-7-18(14-19(17)24)23-22(26)4-2-3-16-5-8-20-21(13-16)28-12-11-27-20/h5-8,13-14H,2-4,9-12H2,1H3,(H,23,26). The fourth-order valence-electron chi connectivity index (χ4n) is 3.70. The van der Waals surface area contributed by atoms with Gasteiger partial charge in [-0.2, -0.15) is 0 Å². The van der Waals surface area contributed by atoms with Crippen LogP contribution in [-0.4, -0.2) is 31.6 Å². The van der Waals surface area contributed by atoms with Gasteiger partial charge in [0.1, 0.15) is 13.2 Å². The molecule has 2 heterocycles. The number of carbonyl (C=O) groups excluding carboxylic acids is 2. The van der Waals surface area contributed by atoms with Gasteiger partial charge in [0.25, 0.3) is 0 Å². The fraction of sp³-hybridized carbons (Fsp3) is 0.364. The van der Waals surface area contributed by atoms with Crippen molar-refractivity contribution in [3.63, 3.8) is 0 Å². The number of amides is 2. The minimum absolute atomic E-state index is 0.0233. The lowest BCUT2D eigenvalue weighted by Crippen LogP contribution is -2.25. The second-order valence-electron chi connectivity index (χ2n) is 7.14. The van der Waals surface area contributed by atoms with Crippen molar-refractivity contribution in [2.24, 2.45) is 0 Å². The van der Waals surface area contributed by atoms with Crippen molar-refractivity contribution in [2.45, 2.75) is 32.6 Å². The van der Waals surface area contributed by atoms with Crippen molar-refractivity contribution in [3.05, 3.63) is 47.5 Å². The monoisotopic (exact) mass is 380 g/mol. The maximum atomic E-state index is 12.3. The zero-order valence-corrected chi connectivity index (χ0v) is 16.0. The second kappa shape index (κ2) is 7.92. The molecule has 0 aromatic heterocycles. The highest BCUT2D eigenvalue weighted by atomic mass is 16.6. The van der Waals surface area contributed by atoms with Gasteiger partial charge < -0.3 is 19.7 Å². The molecule has 6 heteroatoms. The number of fused-ring (bicyclic) bond motifs is 2. The molecule has 0 fully saturated rings. The third-order valence-electron chi connectivity index (χ3n) is 5.12. The van der Waals surface area contributed by atoms with Crippen molar-refractivity contribution in [2.75, 3.05) is 30.0 Å². The summed E-state index contributed by atoms with van der Waals surface area (Å²) in [6, 6.07) is 11.7. The predicted molar refractivity (Wildman–Crippen MR) is 107 cm³/mol. The third-order valence-corrected chi connectivity index (χ3v) is 5.12. The average molecular weight is 380 g/mol. The highest BCUT2D eigenvalue weighted by molar-refractivity contribution is 5.96. The van der Waals surface area contributed by atoms with Crippen LogP contribution >= 0.6 is 0 Å². The number of carbonyl (C=O) groups is 2. The van der Waals surface area contributed by atoms with Crippen LogP contribution in [0.25, 0.3) is 0 Å². The molecule has 0 bridgehead atoms. The van der Waals surface area contributed by atoms with Crippen LogP contribution in [0.3, 0.4) is 0 Å². The topological polar surface area (TPSA) is 67.9 Å². The molecule has 4 rings (SSSR count). The van der Waals surface area contributed by atoms with E-state index in [0.29, 0.717) is 26.2 Å². The second-order valence-corrected chi connectivity index (χ2v) is 7.14. The van der Waals surface area contributed by atoms with E-state index in [1.54, 1.807) is 11.8 Å². The van der Waals surface area contributed by atoms with Crippen LogP contribution in [0.5, 0.6) is 11.5 Å². The van der Waals surface area contributed by atoms with Gasteiger partial charge in [0, 0.05) is 31.3 Å². The average Bonchev–Trinajstić information content (AvgIpc) is 3.11. The molecule has 0 radical (unpaired) electrons. The number of nitrogens with zero attached hydrogens (tertiary/aromatic N) is 1. The maximum Gasteiger partial charge on any atom is 0.224 e. The number of nitrogens with one attached hydrogen (secondary N) is 1. The van der Waals surface area contributed by atoms with E-state index in [4.69, 9.17) is 9.47 Å². The molecule has 146 valence electrons. The number of ether oxygens (including phenoxy) is 2. The quantitative estimate of drug-likeness (QED) is 0.864. The van der Waals surface area contributed by atoms with Crippen LogP contribution < -0.4 is 19.7 Å². The van der Waals surface area contributed by atoms with Crippen LogP contribution in [0, 0.1) is 0 Å². The molecule has 0 atom stereocenters. The van der Waals surface area contributed by atoms with E-state index < -0.39 is 0 Å². The van der Waals surface area contributed by atoms with E-state index in [1.807, 2.05) is 36.4 Å². The molecule has 28 heavy (non-hydrogen) atoms. The Morgan fingerprint density at radius 3 is 2.71 bits per heavy atom.